The molecule has 0 radical (unpaired) electrons. The number of piperazine rings is 1. The Labute approximate surface area is 212 Å². The Morgan fingerprint density at radius 1 is 0.944 bits per heavy atom. The topological polar surface area (TPSA) is 62.6 Å². The fourth-order valence-corrected chi connectivity index (χ4v) is 4.61. The summed E-state index contributed by atoms with van der Waals surface area (Å²) in [5, 5.41) is 2.96. The second-order valence-electron chi connectivity index (χ2n) is 9.34. The van der Waals surface area contributed by atoms with Gasteiger partial charge in [-0.25, -0.2) is 4.98 Å². The van der Waals surface area contributed by atoms with Crippen LogP contribution < -0.4 is 15.0 Å². The lowest BCUT2D eigenvalue weighted by molar-refractivity contribution is -0.121. The molecule has 1 amide bonds. The van der Waals surface area contributed by atoms with Crippen LogP contribution in [0.5, 0.6) is 5.75 Å². The maximum absolute atomic E-state index is 12.4. The van der Waals surface area contributed by atoms with E-state index >= 15 is 0 Å². The highest BCUT2D eigenvalue weighted by molar-refractivity contribution is 5.80. The van der Waals surface area contributed by atoms with Crippen molar-refractivity contribution in [2.24, 2.45) is 0 Å². The van der Waals surface area contributed by atoms with Gasteiger partial charge in [-0.2, -0.15) is 0 Å². The van der Waals surface area contributed by atoms with Gasteiger partial charge in [0.05, 0.1) is 23.9 Å². The number of fused-ring (bicyclic) bond motifs is 1. The maximum Gasteiger partial charge on any atom is 0.240 e. The number of rotatable bonds is 9. The Bertz CT molecular complexity index is 1260. The van der Waals surface area contributed by atoms with Crippen LogP contribution >= 0.6 is 0 Å². The number of para-hydroxylation sites is 3. The highest BCUT2D eigenvalue weighted by Gasteiger charge is 2.17. The second-order valence-corrected chi connectivity index (χ2v) is 9.34. The fourth-order valence-electron chi connectivity index (χ4n) is 4.61. The molecule has 3 aromatic carbocycles. The van der Waals surface area contributed by atoms with E-state index in [1.165, 1.54) is 11.3 Å². The molecular weight excluding hydrogens is 450 g/mol. The average Bonchev–Trinajstić information content (AvgIpc) is 3.32. The number of carbonyl (C=O) groups excluding carboxylic acids is 1. The van der Waals surface area contributed by atoms with E-state index in [1.54, 1.807) is 6.33 Å². The molecule has 0 aliphatic carbocycles. The first-order valence-corrected chi connectivity index (χ1v) is 12.6. The van der Waals surface area contributed by atoms with Crippen molar-refractivity contribution < 1.29 is 9.53 Å². The van der Waals surface area contributed by atoms with Crippen LogP contribution in [0.2, 0.25) is 0 Å². The summed E-state index contributed by atoms with van der Waals surface area (Å²) in [5.41, 5.74) is 4.43. The van der Waals surface area contributed by atoms with Gasteiger partial charge in [-0.15, -0.1) is 0 Å². The molecule has 1 fully saturated rings. The van der Waals surface area contributed by atoms with Gasteiger partial charge in [0.1, 0.15) is 18.4 Å². The van der Waals surface area contributed by atoms with Crippen molar-refractivity contribution in [1.82, 2.24) is 19.8 Å². The third-order valence-corrected chi connectivity index (χ3v) is 6.59. The minimum atomic E-state index is -0.134. The molecule has 0 spiro atoms. The number of hydrogen-bond acceptors (Lipinski definition) is 5. The second kappa shape index (κ2) is 11.3. The van der Waals surface area contributed by atoms with Crippen LogP contribution in [0.25, 0.3) is 11.0 Å². The van der Waals surface area contributed by atoms with Gasteiger partial charge in [0.25, 0.3) is 0 Å². The molecule has 2 heterocycles. The molecule has 1 aliphatic rings. The Morgan fingerprint density at radius 2 is 1.67 bits per heavy atom. The van der Waals surface area contributed by atoms with Gasteiger partial charge in [0.15, 0.2) is 0 Å². The van der Waals surface area contributed by atoms with E-state index in [4.69, 9.17) is 4.74 Å². The van der Waals surface area contributed by atoms with Gasteiger partial charge < -0.3 is 19.5 Å². The normalized spacial score (nSPS) is 15.1. The molecular formula is C29H33N5O2. The number of anilines is 1. The van der Waals surface area contributed by atoms with E-state index in [1.807, 2.05) is 47.9 Å². The summed E-state index contributed by atoms with van der Waals surface area (Å²) in [5.74, 6) is 0.756. The molecule has 5 rings (SSSR count). The standard InChI is InChI=1S/C29H33N5O2/c1-23(19-30-29(35)21-34-22-31-27-9-5-6-10-28(27)34)36-26-13-11-24(12-14-26)20-32-15-17-33(18-16-32)25-7-3-2-4-8-25/h2-14,22-23H,15-21H2,1H3,(H,30,35)/t23-/m0/s1. The predicted octanol–water partition coefficient (Wildman–Crippen LogP) is 3.94. The number of ether oxygens (including phenoxy) is 1. The Morgan fingerprint density at radius 3 is 2.44 bits per heavy atom. The lowest BCUT2D eigenvalue weighted by Gasteiger charge is -2.36. The van der Waals surface area contributed by atoms with Crippen molar-refractivity contribution in [3.05, 3.63) is 90.8 Å². The van der Waals surface area contributed by atoms with E-state index in [9.17, 15) is 4.79 Å². The van der Waals surface area contributed by atoms with Crippen LogP contribution in [0, 0.1) is 0 Å². The van der Waals surface area contributed by atoms with E-state index in [0.29, 0.717) is 6.54 Å². The van der Waals surface area contributed by atoms with Crippen molar-refractivity contribution in [1.29, 1.82) is 0 Å². The maximum atomic E-state index is 12.4. The highest BCUT2D eigenvalue weighted by atomic mass is 16.5. The van der Waals surface area contributed by atoms with Gasteiger partial charge in [-0.3, -0.25) is 9.69 Å². The molecule has 36 heavy (non-hydrogen) atoms. The first-order chi connectivity index (χ1) is 17.6. The number of aromatic nitrogens is 2. The summed E-state index contributed by atoms with van der Waals surface area (Å²) in [4.78, 5) is 21.7. The van der Waals surface area contributed by atoms with Crippen LogP contribution in [-0.4, -0.2) is 59.2 Å². The van der Waals surface area contributed by atoms with Gasteiger partial charge >= 0.3 is 0 Å². The molecule has 4 aromatic rings. The largest absolute Gasteiger partial charge is 0.489 e. The lowest BCUT2D eigenvalue weighted by Crippen LogP contribution is -2.45. The predicted molar refractivity (Wildman–Crippen MR) is 143 cm³/mol. The highest BCUT2D eigenvalue weighted by Crippen LogP contribution is 2.19. The summed E-state index contributed by atoms with van der Waals surface area (Å²) >= 11 is 0. The smallest absolute Gasteiger partial charge is 0.240 e. The van der Waals surface area contributed by atoms with Crippen LogP contribution in [0.4, 0.5) is 5.69 Å². The number of hydrogen-bond donors (Lipinski definition) is 1. The fraction of sp³-hybridized carbons (Fsp3) is 0.310. The van der Waals surface area contributed by atoms with Crippen molar-refractivity contribution in [3.63, 3.8) is 0 Å². The van der Waals surface area contributed by atoms with Crippen LogP contribution in [0.1, 0.15) is 12.5 Å². The first kappa shape index (κ1) is 23.9. The van der Waals surface area contributed by atoms with Gasteiger partial charge in [-0.1, -0.05) is 42.5 Å². The molecule has 1 aliphatic heterocycles. The average molecular weight is 484 g/mol. The van der Waals surface area contributed by atoms with Gasteiger partial charge in [0.2, 0.25) is 5.91 Å². The molecule has 1 aromatic heterocycles. The minimum absolute atomic E-state index is 0.0590. The van der Waals surface area contributed by atoms with Crippen molar-refractivity contribution in [2.45, 2.75) is 26.1 Å². The zero-order valence-electron chi connectivity index (χ0n) is 20.7. The van der Waals surface area contributed by atoms with E-state index in [0.717, 1.165) is 49.5 Å². The number of carbonyl (C=O) groups is 1. The number of imidazole rings is 1. The molecule has 7 nitrogen and oxygen atoms in total. The van der Waals surface area contributed by atoms with Crippen molar-refractivity contribution >= 4 is 22.6 Å². The third kappa shape index (κ3) is 6.04. The number of benzene rings is 3. The van der Waals surface area contributed by atoms with Gasteiger partial charge in [-0.05, 0) is 48.9 Å². The molecule has 186 valence electrons. The Kier molecular flexibility index (Phi) is 7.47. The zero-order valence-corrected chi connectivity index (χ0v) is 20.7. The number of nitrogens with zero attached hydrogens (tertiary/aromatic N) is 4. The summed E-state index contributed by atoms with van der Waals surface area (Å²) in [6.45, 7) is 7.79. The van der Waals surface area contributed by atoms with Crippen LogP contribution in [0.3, 0.4) is 0 Å². The SMILES string of the molecule is C[C@@H](CNC(=O)Cn1cnc2ccccc21)Oc1ccc(CN2CCN(c3ccccc3)CC2)cc1. The molecule has 0 bridgehead atoms. The summed E-state index contributed by atoms with van der Waals surface area (Å²) in [6.07, 6.45) is 1.57. The molecule has 7 heteroatoms. The van der Waals surface area contributed by atoms with E-state index in [-0.39, 0.29) is 18.6 Å². The Balaban J connectivity index is 1.04. The molecule has 0 unspecified atom stereocenters. The summed E-state index contributed by atoms with van der Waals surface area (Å²) in [7, 11) is 0. The number of amides is 1. The lowest BCUT2D eigenvalue weighted by atomic mass is 10.2. The molecule has 0 saturated carbocycles. The third-order valence-electron chi connectivity index (χ3n) is 6.59. The van der Waals surface area contributed by atoms with Crippen LogP contribution in [0.15, 0.2) is 85.2 Å². The first-order valence-electron chi connectivity index (χ1n) is 12.6. The minimum Gasteiger partial charge on any atom is -0.489 e. The molecule has 1 atom stereocenters. The van der Waals surface area contributed by atoms with Crippen molar-refractivity contribution in [3.8, 4) is 5.75 Å². The zero-order chi connectivity index (χ0) is 24.7. The monoisotopic (exact) mass is 483 g/mol. The van der Waals surface area contributed by atoms with Crippen molar-refractivity contribution in [2.75, 3.05) is 37.6 Å². The summed E-state index contributed by atoms with van der Waals surface area (Å²) < 4.78 is 7.88. The van der Waals surface area contributed by atoms with Crippen LogP contribution in [-0.2, 0) is 17.9 Å². The number of nitrogens with one attached hydrogen (secondary N) is 1. The Hall–Kier alpha value is -3.84. The van der Waals surface area contributed by atoms with E-state index < -0.39 is 0 Å². The van der Waals surface area contributed by atoms with Gasteiger partial charge in [0, 0.05) is 38.4 Å². The quantitative estimate of drug-likeness (QED) is 0.391. The molecule has 1 N–H and O–H groups in total. The van der Waals surface area contributed by atoms with E-state index in [2.05, 4.69) is 62.6 Å². The molecule has 1 saturated heterocycles. The summed E-state index contributed by atoms with van der Waals surface area (Å²) in [6, 6.07) is 26.7.